The maximum absolute atomic E-state index is 13.5. The highest BCUT2D eigenvalue weighted by Gasteiger charge is 2.52. The first-order chi connectivity index (χ1) is 14.9. The number of carbonyl (C=O) groups excluding carboxylic acids is 2. The number of nitrogens with zero attached hydrogens (tertiary/aromatic N) is 6. The summed E-state index contributed by atoms with van der Waals surface area (Å²) in [7, 11) is 0. The fraction of sp³-hybridized carbons (Fsp3) is 0.467. The Balaban J connectivity index is 1.54. The highest BCUT2D eigenvalue weighted by molar-refractivity contribution is 7.13. The highest BCUT2D eigenvalue weighted by Crippen LogP contribution is 2.36. The van der Waals surface area contributed by atoms with Gasteiger partial charge in [0.05, 0.1) is 6.04 Å². The van der Waals surface area contributed by atoms with E-state index in [-0.39, 0.29) is 35.3 Å². The number of halogens is 1. The molecule has 2 fully saturated rings. The summed E-state index contributed by atoms with van der Waals surface area (Å²) in [6.45, 7) is -0.986. The number of carbonyl (C=O) groups is 3. The van der Waals surface area contributed by atoms with E-state index < -0.39 is 42.1 Å². The maximum atomic E-state index is 13.5. The van der Waals surface area contributed by atoms with Crippen LogP contribution in [0.25, 0.3) is 0 Å². The topological polar surface area (TPSA) is 202 Å². The third-order valence-electron chi connectivity index (χ3n) is 5.06. The monoisotopic (exact) mass is 453 g/mol. The number of thiazole rings is 1. The van der Waals surface area contributed by atoms with E-state index in [0.29, 0.717) is 6.42 Å². The van der Waals surface area contributed by atoms with Crippen molar-refractivity contribution >= 4 is 45.9 Å². The van der Waals surface area contributed by atoms with Gasteiger partial charge in [-0.15, -0.1) is 16.4 Å². The number of aliphatic carboxylic acids is 1. The molecule has 5 N–H and O–H groups in total. The van der Waals surface area contributed by atoms with Crippen molar-refractivity contribution in [1.29, 1.82) is 0 Å². The molecule has 2 aromatic rings. The number of anilines is 2. The Bertz CT molecular complexity index is 1040. The molecule has 2 aromatic heterocycles. The summed E-state index contributed by atoms with van der Waals surface area (Å²) in [5, 5.41) is 29.8. The summed E-state index contributed by atoms with van der Waals surface area (Å²) in [5.74, 6) is -2.90. The van der Waals surface area contributed by atoms with Crippen molar-refractivity contribution in [3.8, 4) is 0 Å². The highest BCUT2D eigenvalue weighted by atomic mass is 32.1. The number of nitrogen functional groups attached to an aromatic ring is 1. The lowest BCUT2D eigenvalue weighted by Gasteiger charge is -2.43. The minimum Gasteiger partial charge on any atom is -0.478 e. The van der Waals surface area contributed by atoms with Gasteiger partial charge in [-0.25, -0.2) is 14.2 Å². The Hall–Kier alpha value is -3.69. The molecule has 16 heteroatoms. The van der Waals surface area contributed by atoms with Crippen LogP contribution in [-0.4, -0.2) is 78.6 Å². The fourth-order valence-electron chi connectivity index (χ4n) is 3.15. The average molecular weight is 453 g/mol. The molecule has 4 rings (SSSR count). The lowest BCUT2D eigenvalue weighted by atomic mass is 9.80. The van der Waals surface area contributed by atoms with Gasteiger partial charge in [0.1, 0.15) is 18.4 Å². The molecule has 0 radical (unpaired) electrons. The van der Waals surface area contributed by atoms with Crippen LogP contribution in [0.2, 0.25) is 0 Å². The molecule has 2 amide bonds. The lowest BCUT2D eigenvalue weighted by molar-refractivity contribution is -0.178. The quantitative estimate of drug-likeness (QED) is 0.214. The fourth-order valence-corrected chi connectivity index (χ4v) is 3.70. The van der Waals surface area contributed by atoms with Crippen LogP contribution >= 0.6 is 11.3 Å². The van der Waals surface area contributed by atoms with Crippen LogP contribution in [0.4, 0.5) is 15.5 Å². The second kappa shape index (κ2) is 7.86. The SMILES string of the molecule is Nc1nc(C(=NOC2(C(=O)O)CCC2)C(=O)N[C@@H]2C(=O)N(c3nn[nH]n3)[C@@H]2CF)cs1. The molecule has 1 aliphatic carbocycles. The van der Waals surface area contributed by atoms with E-state index in [1.807, 2.05) is 0 Å². The Labute approximate surface area is 176 Å². The second-order valence-electron chi connectivity index (χ2n) is 6.85. The number of carboxylic acid groups (broad SMARTS) is 1. The standard InChI is InChI=1S/C15H16FN9O5S/c16-4-7-9(11(27)25(7)14-20-23-24-21-14)19-10(26)8(6-5-31-13(17)18-6)22-30-15(12(28)29)2-1-3-15/h5,7,9H,1-4H2,(H2,17,18)(H,19,26)(H,28,29)(H,20,21,23,24)/t7-,9+/m1/s1. The first-order valence-electron chi connectivity index (χ1n) is 9.00. The second-order valence-corrected chi connectivity index (χ2v) is 7.74. The number of aromatic amines is 1. The van der Waals surface area contributed by atoms with Crippen molar-refractivity contribution in [3.63, 3.8) is 0 Å². The maximum Gasteiger partial charge on any atom is 0.350 e. The third kappa shape index (κ3) is 3.54. The lowest BCUT2D eigenvalue weighted by Crippen LogP contribution is -2.72. The number of tetrazole rings is 1. The van der Waals surface area contributed by atoms with Crippen LogP contribution in [0.15, 0.2) is 10.5 Å². The van der Waals surface area contributed by atoms with Crippen molar-refractivity contribution < 1.29 is 28.7 Å². The number of carboxylic acids is 1. The molecule has 1 aliphatic heterocycles. The number of aromatic nitrogens is 5. The van der Waals surface area contributed by atoms with Crippen molar-refractivity contribution in [2.24, 2.45) is 5.16 Å². The molecule has 164 valence electrons. The summed E-state index contributed by atoms with van der Waals surface area (Å²) in [4.78, 5) is 46.9. The van der Waals surface area contributed by atoms with E-state index in [1.165, 1.54) is 5.38 Å². The zero-order chi connectivity index (χ0) is 22.2. The minimum atomic E-state index is -1.53. The number of nitrogens with two attached hydrogens (primary N) is 1. The number of H-pyrrole nitrogens is 1. The molecule has 0 spiro atoms. The first-order valence-corrected chi connectivity index (χ1v) is 9.88. The van der Waals surface area contributed by atoms with Gasteiger partial charge in [0.2, 0.25) is 5.60 Å². The van der Waals surface area contributed by atoms with Crippen LogP contribution in [0.3, 0.4) is 0 Å². The van der Waals surface area contributed by atoms with E-state index >= 15 is 0 Å². The summed E-state index contributed by atoms with van der Waals surface area (Å²) >= 11 is 1.02. The smallest absolute Gasteiger partial charge is 0.350 e. The third-order valence-corrected chi connectivity index (χ3v) is 5.73. The number of hydrogen-bond acceptors (Lipinski definition) is 11. The predicted octanol–water partition coefficient (Wildman–Crippen LogP) is -1.16. The van der Waals surface area contributed by atoms with Crippen LogP contribution in [0.5, 0.6) is 0 Å². The van der Waals surface area contributed by atoms with Gasteiger partial charge in [-0.1, -0.05) is 10.3 Å². The van der Waals surface area contributed by atoms with Crippen molar-refractivity contribution in [3.05, 3.63) is 11.1 Å². The van der Waals surface area contributed by atoms with Crippen molar-refractivity contribution in [2.45, 2.75) is 36.9 Å². The molecule has 31 heavy (non-hydrogen) atoms. The molecule has 0 bridgehead atoms. The molecule has 2 atom stereocenters. The van der Waals surface area contributed by atoms with Crippen LogP contribution in [0, 0.1) is 0 Å². The average Bonchev–Trinajstić information content (AvgIpc) is 3.37. The van der Waals surface area contributed by atoms with Gasteiger partial charge in [0.25, 0.3) is 17.8 Å². The van der Waals surface area contributed by atoms with Crippen LogP contribution in [-0.2, 0) is 19.2 Å². The predicted molar refractivity (Wildman–Crippen MR) is 102 cm³/mol. The van der Waals surface area contributed by atoms with E-state index in [2.05, 4.69) is 36.1 Å². The molecule has 1 saturated heterocycles. The number of alkyl halides is 1. The number of nitrogens with one attached hydrogen (secondary N) is 2. The number of β-lactam (4-membered cyclic amide) rings is 1. The number of amides is 2. The zero-order valence-electron chi connectivity index (χ0n) is 15.7. The first kappa shape index (κ1) is 20.6. The van der Waals surface area contributed by atoms with E-state index in [0.717, 1.165) is 16.2 Å². The Kier molecular flexibility index (Phi) is 5.22. The van der Waals surface area contributed by atoms with Gasteiger partial charge in [0, 0.05) is 18.2 Å². The summed E-state index contributed by atoms with van der Waals surface area (Å²) in [6.07, 6.45) is 1.09. The van der Waals surface area contributed by atoms with Gasteiger partial charge in [-0.3, -0.25) is 14.5 Å². The molecule has 1 saturated carbocycles. The number of rotatable bonds is 8. The summed E-state index contributed by atoms with van der Waals surface area (Å²) in [5.41, 5.74) is 3.72. The molecule has 3 heterocycles. The van der Waals surface area contributed by atoms with Crippen LogP contribution in [0.1, 0.15) is 25.0 Å². The van der Waals surface area contributed by atoms with E-state index in [1.54, 1.807) is 0 Å². The number of hydrogen-bond donors (Lipinski definition) is 4. The van der Waals surface area contributed by atoms with Gasteiger partial charge in [-0.2, -0.15) is 5.21 Å². The molecule has 0 aromatic carbocycles. The van der Waals surface area contributed by atoms with Gasteiger partial charge < -0.3 is 21.0 Å². The van der Waals surface area contributed by atoms with Gasteiger partial charge in [-0.05, 0) is 11.6 Å². The zero-order valence-corrected chi connectivity index (χ0v) is 16.5. The Morgan fingerprint density at radius 3 is 2.81 bits per heavy atom. The molecule has 0 unspecified atom stereocenters. The van der Waals surface area contributed by atoms with E-state index in [4.69, 9.17) is 10.6 Å². The van der Waals surface area contributed by atoms with Crippen LogP contribution < -0.4 is 16.0 Å². The molecular weight excluding hydrogens is 437 g/mol. The van der Waals surface area contributed by atoms with Crippen molar-refractivity contribution in [1.82, 2.24) is 30.9 Å². The Morgan fingerprint density at radius 2 is 2.29 bits per heavy atom. The largest absolute Gasteiger partial charge is 0.478 e. The van der Waals surface area contributed by atoms with Gasteiger partial charge >= 0.3 is 5.97 Å². The Morgan fingerprint density at radius 1 is 1.52 bits per heavy atom. The van der Waals surface area contributed by atoms with E-state index in [9.17, 15) is 23.9 Å². The van der Waals surface area contributed by atoms with Crippen molar-refractivity contribution in [2.75, 3.05) is 17.3 Å². The summed E-state index contributed by atoms with van der Waals surface area (Å²) in [6, 6.07) is -2.29. The molecular formula is C15H16FN9O5S. The minimum absolute atomic E-state index is 0.0263. The normalized spacial score (nSPS) is 22.4. The number of oxime groups is 1. The van der Waals surface area contributed by atoms with Gasteiger partial charge in [0.15, 0.2) is 10.8 Å². The molecule has 2 aliphatic rings. The summed E-state index contributed by atoms with van der Waals surface area (Å²) < 4.78 is 13.5. The molecule has 14 nitrogen and oxygen atoms in total.